The number of nitrogens with one attached hydrogen (secondary N) is 2. The zero-order chi connectivity index (χ0) is 42.5. The number of anilines is 1. The van der Waals surface area contributed by atoms with Gasteiger partial charge in [-0.25, -0.2) is 24.2 Å². The van der Waals surface area contributed by atoms with E-state index in [1.165, 1.54) is 48.1 Å². The van der Waals surface area contributed by atoms with Crippen LogP contribution in [0.1, 0.15) is 102 Å². The van der Waals surface area contributed by atoms with Crippen LogP contribution in [0.4, 0.5) is 10.6 Å². The smallest absolute Gasteiger partial charge is 0.410 e. The molecule has 2 N–H and O–H groups in total. The van der Waals surface area contributed by atoms with Crippen molar-refractivity contribution in [1.29, 1.82) is 0 Å². The summed E-state index contributed by atoms with van der Waals surface area (Å²) in [5.41, 5.74) is 1.45. The first kappa shape index (κ1) is 42.0. The first-order valence-corrected chi connectivity index (χ1v) is 23.0. The molecule has 60 heavy (non-hydrogen) atoms. The highest BCUT2D eigenvalue weighted by Crippen LogP contribution is 2.93. The second-order valence-electron chi connectivity index (χ2n) is 18.8. The number of nitrogens with zero attached hydrogens (tertiary/aromatic N) is 5. The molecule has 320 valence electrons. The summed E-state index contributed by atoms with van der Waals surface area (Å²) in [5.74, 6) is 1.53. The van der Waals surface area contributed by atoms with Gasteiger partial charge in [0.15, 0.2) is 10.8 Å². The third kappa shape index (κ3) is 8.86. The second kappa shape index (κ2) is 16.0. The molecule has 2 spiro atoms. The van der Waals surface area contributed by atoms with Gasteiger partial charge >= 0.3 is 6.09 Å². The van der Waals surface area contributed by atoms with E-state index in [-0.39, 0.29) is 39.2 Å². The summed E-state index contributed by atoms with van der Waals surface area (Å²) in [6.45, 7) is 11.5. The Bertz CT molecular complexity index is 2320. The summed E-state index contributed by atoms with van der Waals surface area (Å²) in [6.07, 6.45) is 11.3. The van der Waals surface area contributed by atoms with Crippen LogP contribution in [0.25, 0.3) is 5.82 Å². The van der Waals surface area contributed by atoms with E-state index in [2.05, 4.69) is 51.1 Å². The van der Waals surface area contributed by atoms with Gasteiger partial charge in [0, 0.05) is 30.9 Å². The minimum Gasteiger partial charge on any atom is -0.477 e. The molecule has 2 unspecified atom stereocenters. The van der Waals surface area contributed by atoms with Crippen LogP contribution in [0.15, 0.2) is 78.0 Å². The van der Waals surface area contributed by atoms with Gasteiger partial charge in [-0.2, -0.15) is 8.42 Å². The molecule has 4 fully saturated rings. The number of carbonyl (C=O) groups is 2. The monoisotopic (exact) mass is 857 g/mol. The van der Waals surface area contributed by atoms with Crippen molar-refractivity contribution in [3.8, 4) is 11.7 Å². The number of carbonyl (C=O) groups excluding carboxylic acids is 2. The Kier molecular flexibility index (Phi) is 11.2. The van der Waals surface area contributed by atoms with Crippen molar-refractivity contribution in [3.05, 3.63) is 89.2 Å². The predicted octanol–water partition coefficient (Wildman–Crippen LogP) is 8.48. The summed E-state index contributed by atoms with van der Waals surface area (Å²) in [4.78, 5) is 37.0. The molecule has 1 saturated heterocycles. The summed E-state index contributed by atoms with van der Waals surface area (Å²) >= 11 is 6.43. The summed E-state index contributed by atoms with van der Waals surface area (Å²) in [5, 5.41) is 7.27. The Labute approximate surface area is 358 Å². The third-order valence-electron chi connectivity index (χ3n) is 13.2. The van der Waals surface area contributed by atoms with Crippen LogP contribution in [-0.2, 0) is 21.2 Å². The highest BCUT2D eigenvalue weighted by molar-refractivity contribution is 7.90. The molecule has 0 bridgehead atoms. The molecular weight excluding hydrogens is 802 g/mol. The molecule has 3 aliphatic carbocycles. The van der Waals surface area contributed by atoms with Crippen molar-refractivity contribution < 1.29 is 27.5 Å². The predicted molar refractivity (Wildman–Crippen MR) is 229 cm³/mol. The van der Waals surface area contributed by atoms with Gasteiger partial charge in [-0.1, -0.05) is 48.0 Å². The fourth-order valence-electron chi connectivity index (χ4n) is 10.0. The first-order chi connectivity index (χ1) is 28.5. The Balaban J connectivity index is 0.863. The van der Waals surface area contributed by atoms with Gasteiger partial charge in [0.05, 0.1) is 12.2 Å². The zero-order valence-electron chi connectivity index (χ0n) is 35.1. The number of benzene rings is 1. The number of hydrogen-bond acceptors (Lipinski definition) is 10. The lowest BCUT2D eigenvalue weighted by Crippen LogP contribution is -2.45. The van der Waals surface area contributed by atoms with Gasteiger partial charge in [0.2, 0.25) is 5.88 Å². The summed E-state index contributed by atoms with van der Waals surface area (Å²) < 4.78 is 42.2. The number of hydrogen-bond donors (Lipinski definition) is 2. The Morgan fingerprint density at radius 2 is 1.68 bits per heavy atom. The zero-order valence-corrected chi connectivity index (χ0v) is 36.7. The number of aryl methyl sites for hydroxylation is 1. The van der Waals surface area contributed by atoms with E-state index in [0.29, 0.717) is 48.0 Å². The SMILES string of the molecule is CC(C)(C)OC(=O)N1CC(C(CCNc2cccc(S(=O)(=O)NC(=O)c3ccc(-n4ccc(OCCC5C6(CC6)C56CC6)n4)nc3Cl)n2)CCc2ccccc2)CC1(C)C. The highest BCUT2D eigenvalue weighted by Gasteiger charge is 2.85. The molecule has 1 aliphatic heterocycles. The van der Waals surface area contributed by atoms with Crippen LogP contribution in [0.3, 0.4) is 0 Å². The number of likely N-dealkylation sites (tertiary alicyclic amines) is 1. The molecule has 3 aromatic heterocycles. The fraction of sp³-hybridized carbons (Fsp3) is 0.533. The van der Waals surface area contributed by atoms with Crippen LogP contribution in [-0.4, -0.2) is 75.9 Å². The average molecular weight is 859 g/mol. The molecule has 2 amide bonds. The van der Waals surface area contributed by atoms with Crippen molar-refractivity contribution in [1.82, 2.24) is 29.4 Å². The molecule has 13 nitrogen and oxygen atoms in total. The van der Waals surface area contributed by atoms with E-state index >= 15 is 0 Å². The van der Waals surface area contributed by atoms with Crippen LogP contribution in [0.5, 0.6) is 5.88 Å². The minimum absolute atomic E-state index is 0.115. The van der Waals surface area contributed by atoms with E-state index in [1.54, 1.807) is 30.5 Å². The lowest BCUT2D eigenvalue weighted by Gasteiger charge is -2.33. The second-order valence-corrected chi connectivity index (χ2v) is 20.8. The van der Waals surface area contributed by atoms with Gasteiger partial charge in [-0.3, -0.25) is 4.79 Å². The number of aromatic nitrogens is 4. The third-order valence-corrected chi connectivity index (χ3v) is 14.8. The summed E-state index contributed by atoms with van der Waals surface area (Å²) in [7, 11) is -4.38. The normalized spacial score (nSPS) is 20.2. The van der Waals surface area contributed by atoms with E-state index in [1.807, 2.05) is 43.9 Å². The number of ether oxygens (including phenoxy) is 2. The molecular formula is C45H56ClN7O6S. The number of pyridine rings is 2. The van der Waals surface area contributed by atoms with E-state index in [0.717, 1.165) is 38.0 Å². The van der Waals surface area contributed by atoms with Crippen LogP contribution < -0.4 is 14.8 Å². The summed E-state index contributed by atoms with van der Waals surface area (Å²) in [6, 6.07) is 19.6. The maximum Gasteiger partial charge on any atom is 0.410 e. The van der Waals surface area contributed by atoms with Crippen LogP contribution in [0, 0.1) is 28.6 Å². The lowest BCUT2D eigenvalue weighted by molar-refractivity contribution is 0.0128. The van der Waals surface area contributed by atoms with Crippen molar-refractivity contribution in [2.24, 2.45) is 28.6 Å². The number of fused-ring (bicyclic) bond motifs is 1. The molecule has 3 saturated carbocycles. The maximum absolute atomic E-state index is 13.4. The van der Waals surface area contributed by atoms with Crippen molar-refractivity contribution in [2.75, 3.05) is 25.0 Å². The number of halogens is 1. The van der Waals surface area contributed by atoms with Crippen molar-refractivity contribution in [2.45, 2.75) is 109 Å². The average Bonchev–Trinajstić information content (AvgIpc) is 4.14. The van der Waals surface area contributed by atoms with Crippen LogP contribution >= 0.6 is 11.6 Å². The topological polar surface area (TPSA) is 158 Å². The Morgan fingerprint density at radius 1 is 0.950 bits per heavy atom. The molecule has 8 rings (SSSR count). The molecule has 4 heterocycles. The van der Waals surface area contributed by atoms with E-state index < -0.39 is 21.5 Å². The van der Waals surface area contributed by atoms with Crippen molar-refractivity contribution >= 4 is 39.4 Å². The fourth-order valence-corrected chi connectivity index (χ4v) is 11.2. The van der Waals surface area contributed by atoms with Crippen LogP contribution in [0.2, 0.25) is 5.15 Å². The maximum atomic E-state index is 13.4. The van der Waals surface area contributed by atoms with Gasteiger partial charge < -0.3 is 19.7 Å². The minimum atomic E-state index is -4.38. The number of sulfonamides is 1. The Morgan fingerprint density at radius 3 is 2.37 bits per heavy atom. The van der Waals surface area contributed by atoms with E-state index in [9.17, 15) is 18.0 Å². The molecule has 2 atom stereocenters. The van der Waals surface area contributed by atoms with Gasteiger partial charge in [-0.15, -0.1) is 5.10 Å². The largest absolute Gasteiger partial charge is 0.477 e. The Hall–Kier alpha value is -4.69. The van der Waals surface area contributed by atoms with Gasteiger partial charge in [-0.05, 0) is 151 Å². The standard InChI is InChI=1S/C45H56ClN7O6S/c1-42(2,3)59-41(55)52-29-32(28-43(52,4)5)31(15-14-30-10-7-6-8-11-30)18-25-47-35-12-9-13-38(48-35)60(56,57)51-40(54)33-16-17-36(49-39(33)46)53-26-19-37(50-53)58-27-20-34-44(21-22-44)45(34)23-24-45/h6-13,16-17,19,26,31-32,34H,14-15,18,20-25,27-29H2,1-5H3,(H,47,48)(H,51,54). The molecule has 4 aromatic rings. The van der Waals surface area contributed by atoms with E-state index in [4.69, 9.17) is 21.1 Å². The lowest BCUT2D eigenvalue weighted by atomic mass is 9.81. The van der Waals surface area contributed by atoms with Gasteiger partial charge in [0.25, 0.3) is 15.9 Å². The van der Waals surface area contributed by atoms with Crippen molar-refractivity contribution in [3.63, 3.8) is 0 Å². The quantitative estimate of drug-likeness (QED) is 0.105. The first-order valence-electron chi connectivity index (χ1n) is 21.2. The molecule has 0 radical (unpaired) electrons. The molecule has 15 heteroatoms. The van der Waals surface area contributed by atoms with Gasteiger partial charge in [0.1, 0.15) is 16.6 Å². The molecule has 1 aromatic carbocycles. The number of amides is 2. The molecule has 4 aliphatic rings. The highest BCUT2D eigenvalue weighted by atomic mass is 35.5. The number of rotatable bonds is 16.